The number of hydrogen-bond acceptors (Lipinski definition) is 2. The molecule has 1 N–H and O–H groups in total. The highest BCUT2D eigenvalue weighted by molar-refractivity contribution is 5.85. The monoisotopic (exact) mass is 318 g/mol. The van der Waals surface area contributed by atoms with Gasteiger partial charge in [-0.05, 0) is 44.5 Å². The maximum Gasteiger partial charge on any atom is 0.229 e. The van der Waals surface area contributed by atoms with Crippen LogP contribution in [0.2, 0.25) is 0 Å². The average Bonchev–Trinajstić information content (AvgIpc) is 2.48. The van der Waals surface area contributed by atoms with Gasteiger partial charge >= 0.3 is 0 Å². The van der Waals surface area contributed by atoms with Gasteiger partial charge in [0, 0.05) is 19.1 Å². The summed E-state index contributed by atoms with van der Waals surface area (Å²) < 4.78 is 26.2. The van der Waals surface area contributed by atoms with Gasteiger partial charge < -0.3 is 10.2 Å². The van der Waals surface area contributed by atoms with Crippen LogP contribution in [-0.2, 0) is 4.79 Å². The molecule has 1 saturated heterocycles. The van der Waals surface area contributed by atoms with Gasteiger partial charge in [-0.15, -0.1) is 12.4 Å². The molecule has 0 aromatic heterocycles. The fraction of sp³-hybridized carbons (Fsp3) is 0.533. The van der Waals surface area contributed by atoms with Crippen LogP contribution in [0.4, 0.5) is 8.78 Å². The SMILES string of the molecule is CNC1CCCN(C(=O)C(C)c2ccc(F)c(F)c2)C1.Cl. The Bertz CT molecular complexity index is 499. The lowest BCUT2D eigenvalue weighted by Gasteiger charge is -2.34. The van der Waals surface area contributed by atoms with E-state index in [0.717, 1.165) is 31.5 Å². The van der Waals surface area contributed by atoms with E-state index in [-0.39, 0.29) is 18.3 Å². The summed E-state index contributed by atoms with van der Waals surface area (Å²) in [5.41, 5.74) is 0.514. The van der Waals surface area contributed by atoms with Crippen molar-refractivity contribution < 1.29 is 13.6 Å². The van der Waals surface area contributed by atoms with Gasteiger partial charge in [0.1, 0.15) is 0 Å². The van der Waals surface area contributed by atoms with Crippen molar-refractivity contribution in [3.8, 4) is 0 Å². The Balaban J connectivity index is 0.00000220. The summed E-state index contributed by atoms with van der Waals surface area (Å²) in [4.78, 5) is 14.2. The zero-order chi connectivity index (χ0) is 14.7. The van der Waals surface area contributed by atoms with Gasteiger partial charge in [0.2, 0.25) is 5.91 Å². The molecule has 0 radical (unpaired) electrons. The van der Waals surface area contributed by atoms with Gasteiger partial charge in [0.25, 0.3) is 0 Å². The number of halogens is 3. The van der Waals surface area contributed by atoms with E-state index in [2.05, 4.69) is 5.32 Å². The number of likely N-dealkylation sites (N-methyl/N-ethyl adjacent to an activating group) is 1. The molecule has 2 rings (SSSR count). The van der Waals surface area contributed by atoms with Crippen molar-refractivity contribution in [3.05, 3.63) is 35.4 Å². The first kappa shape index (κ1) is 17.9. The van der Waals surface area contributed by atoms with E-state index < -0.39 is 17.6 Å². The van der Waals surface area contributed by atoms with Crippen LogP contribution in [0.3, 0.4) is 0 Å². The molecule has 21 heavy (non-hydrogen) atoms. The fourth-order valence-corrected chi connectivity index (χ4v) is 2.61. The van der Waals surface area contributed by atoms with Crippen molar-refractivity contribution in [3.63, 3.8) is 0 Å². The van der Waals surface area contributed by atoms with Crippen LogP contribution in [-0.4, -0.2) is 37.0 Å². The largest absolute Gasteiger partial charge is 0.341 e. The van der Waals surface area contributed by atoms with E-state index in [1.807, 2.05) is 7.05 Å². The first-order valence-corrected chi connectivity index (χ1v) is 6.94. The predicted molar refractivity (Wildman–Crippen MR) is 80.7 cm³/mol. The minimum Gasteiger partial charge on any atom is -0.341 e. The Morgan fingerprint density at radius 2 is 2.10 bits per heavy atom. The Morgan fingerprint density at radius 3 is 2.71 bits per heavy atom. The highest BCUT2D eigenvalue weighted by Gasteiger charge is 2.27. The number of hydrogen-bond donors (Lipinski definition) is 1. The molecule has 0 spiro atoms. The standard InChI is InChI=1S/C15H20F2N2O.ClH/c1-10(11-5-6-13(16)14(17)8-11)15(20)19-7-3-4-12(9-19)18-2;/h5-6,8,10,12,18H,3-4,7,9H2,1-2H3;1H. The zero-order valence-corrected chi connectivity index (χ0v) is 13.1. The molecule has 1 aromatic carbocycles. The van der Waals surface area contributed by atoms with E-state index >= 15 is 0 Å². The molecular weight excluding hydrogens is 298 g/mol. The van der Waals surface area contributed by atoms with Gasteiger partial charge in [-0.25, -0.2) is 8.78 Å². The summed E-state index contributed by atoms with van der Waals surface area (Å²) in [5, 5.41) is 3.18. The third kappa shape index (κ3) is 4.14. The minimum atomic E-state index is -0.908. The molecular formula is C15H21ClF2N2O. The molecule has 1 aliphatic heterocycles. The third-order valence-electron chi connectivity index (χ3n) is 3.96. The summed E-state index contributed by atoms with van der Waals surface area (Å²) in [5.74, 6) is -2.29. The normalized spacial score (nSPS) is 19.8. The Morgan fingerprint density at radius 1 is 1.38 bits per heavy atom. The van der Waals surface area contributed by atoms with E-state index in [0.29, 0.717) is 18.2 Å². The molecule has 118 valence electrons. The number of piperidine rings is 1. The van der Waals surface area contributed by atoms with Crippen molar-refractivity contribution >= 4 is 18.3 Å². The van der Waals surface area contributed by atoms with Crippen LogP contribution in [0.15, 0.2) is 18.2 Å². The predicted octanol–water partition coefficient (Wildman–Crippen LogP) is 2.70. The van der Waals surface area contributed by atoms with Crippen LogP contribution in [0.1, 0.15) is 31.2 Å². The zero-order valence-electron chi connectivity index (χ0n) is 12.2. The molecule has 1 aliphatic rings. The Labute approximate surface area is 130 Å². The Kier molecular flexibility index (Phi) is 6.55. The van der Waals surface area contributed by atoms with Crippen molar-refractivity contribution in [2.75, 3.05) is 20.1 Å². The second kappa shape index (κ2) is 7.71. The Hall–Kier alpha value is -1.20. The number of likely N-dealkylation sites (tertiary alicyclic amines) is 1. The van der Waals surface area contributed by atoms with E-state index in [1.165, 1.54) is 6.07 Å². The number of carbonyl (C=O) groups excluding carboxylic acids is 1. The highest BCUT2D eigenvalue weighted by Crippen LogP contribution is 2.22. The van der Waals surface area contributed by atoms with Gasteiger partial charge in [-0.1, -0.05) is 6.07 Å². The molecule has 0 aliphatic carbocycles. The number of nitrogens with zero attached hydrogens (tertiary/aromatic N) is 1. The van der Waals surface area contributed by atoms with Crippen molar-refractivity contribution in [2.24, 2.45) is 0 Å². The second-order valence-corrected chi connectivity index (χ2v) is 5.31. The van der Waals surface area contributed by atoms with E-state index in [9.17, 15) is 13.6 Å². The van der Waals surface area contributed by atoms with Crippen LogP contribution >= 0.6 is 12.4 Å². The number of nitrogens with one attached hydrogen (secondary N) is 1. The number of carbonyl (C=O) groups is 1. The molecule has 2 atom stereocenters. The smallest absolute Gasteiger partial charge is 0.229 e. The summed E-state index contributed by atoms with van der Waals surface area (Å²) in [6.07, 6.45) is 2.02. The maximum atomic E-state index is 13.3. The average molecular weight is 319 g/mol. The minimum absolute atomic E-state index is 0. The van der Waals surface area contributed by atoms with Gasteiger partial charge in [0.15, 0.2) is 11.6 Å². The molecule has 3 nitrogen and oxygen atoms in total. The van der Waals surface area contributed by atoms with Gasteiger partial charge in [-0.2, -0.15) is 0 Å². The lowest BCUT2D eigenvalue weighted by Crippen LogP contribution is -2.48. The molecule has 1 fully saturated rings. The van der Waals surface area contributed by atoms with Gasteiger partial charge in [0.05, 0.1) is 5.92 Å². The molecule has 6 heteroatoms. The fourth-order valence-electron chi connectivity index (χ4n) is 2.61. The first-order chi connectivity index (χ1) is 9.52. The van der Waals surface area contributed by atoms with Crippen LogP contribution < -0.4 is 5.32 Å². The third-order valence-corrected chi connectivity index (χ3v) is 3.96. The van der Waals surface area contributed by atoms with Crippen molar-refractivity contribution in [1.29, 1.82) is 0 Å². The number of benzene rings is 1. The van der Waals surface area contributed by atoms with E-state index in [4.69, 9.17) is 0 Å². The quantitative estimate of drug-likeness (QED) is 0.929. The molecule has 0 bridgehead atoms. The van der Waals surface area contributed by atoms with Crippen LogP contribution in [0.25, 0.3) is 0 Å². The maximum absolute atomic E-state index is 13.3. The van der Waals surface area contributed by atoms with Gasteiger partial charge in [-0.3, -0.25) is 4.79 Å². The van der Waals surface area contributed by atoms with Crippen molar-refractivity contribution in [1.82, 2.24) is 10.2 Å². The summed E-state index contributed by atoms with van der Waals surface area (Å²) in [7, 11) is 1.89. The molecule has 1 amide bonds. The highest BCUT2D eigenvalue weighted by atomic mass is 35.5. The summed E-state index contributed by atoms with van der Waals surface area (Å²) in [6, 6.07) is 3.96. The van der Waals surface area contributed by atoms with Crippen LogP contribution in [0.5, 0.6) is 0 Å². The van der Waals surface area contributed by atoms with Crippen LogP contribution in [0, 0.1) is 11.6 Å². The van der Waals surface area contributed by atoms with Crippen molar-refractivity contribution in [2.45, 2.75) is 31.7 Å². The van der Waals surface area contributed by atoms with E-state index in [1.54, 1.807) is 11.8 Å². The molecule has 1 heterocycles. The molecule has 1 aromatic rings. The lowest BCUT2D eigenvalue weighted by atomic mass is 9.97. The summed E-state index contributed by atoms with van der Waals surface area (Å²) >= 11 is 0. The second-order valence-electron chi connectivity index (χ2n) is 5.31. The molecule has 2 unspecified atom stereocenters. The first-order valence-electron chi connectivity index (χ1n) is 6.94. The summed E-state index contributed by atoms with van der Waals surface area (Å²) in [6.45, 7) is 3.13. The topological polar surface area (TPSA) is 32.3 Å². The molecule has 0 saturated carbocycles. The number of amides is 1. The lowest BCUT2D eigenvalue weighted by molar-refractivity contribution is -0.133. The number of rotatable bonds is 3.